The Morgan fingerprint density at radius 2 is 1.68 bits per heavy atom. The summed E-state index contributed by atoms with van der Waals surface area (Å²) in [4.78, 5) is 30.5. The Morgan fingerprint density at radius 1 is 1.00 bits per heavy atom. The van der Waals surface area contributed by atoms with Crippen LogP contribution in [0.2, 0.25) is 0 Å². The van der Waals surface area contributed by atoms with Gasteiger partial charge in [-0.3, -0.25) is 4.79 Å². The van der Waals surface area contributed by atoms with Crippen LogP contribution in [0.1, 0.15) is 52.6 Å². The summed E-state index contributed by atoms with van der Waals surface area (Å²) in [6.07, 6.45) is 1.25. The lowest BCUT2D eigenvalue weighted by atomic mass is 9.97. The van der Waals surface area contributed by atoms with E-state index in [0.717, 1.165) is 13.1 Å². The third-order valence-electron chi connectivity index (χ3n) is 8.03. The Labute approximate surface area is 226 Å². The van der Waals surface area contributed by atoms with Crippen molar-refractivity contribution in [3.8, 4) is 0 Å². The first-order chi connectivity index (χ1) is 18.0. The molecule has 0 N–H and O–H groups in total. The first-order valence-electron chi connectivity index (χ1n) is 13.4. The van der Waals surface area contributed by atoms with Crippen LogP contribution in [-0.4, -0.2) is 79.9 Å². The number of piperidine rings is 1. The smallest absolute Gasteiger partial charge is 0.341 e. The Kier molecular flexibility index (Phi) is 8.23. The van der Waals surface area contributed by atoms with E-state index < -0.39 is 21.9 Å². The standard InChI is InChI=1S/C28H40N4O5S/c1-7-37-28(34)25-21(4)29(6)22(5)26(25)38(35,36)32-12-8-9-23(18-32)27(33)31-15-13-30(14-16-31)24-17-19(2)10-11-20(24)3/h10-11,17,23H,7-9,12-16,18H2,1-6H3. The molecule has 2 aliphatic heterocycles. The molecular weight excluding hydrogens is 504 g/mol. The predicted octanol–water partition coefficient (Wildman–Crippen LogP) is 3.18. The van der Waals surface area contributed by atoms with E-state index in [-0.39, 0.29) is 29.5 Å². The molecule has 1 aromatic carbocycles. The van der Waals surface area contributed by atoms with Crippen LogP contribution in [0.4, 0.5) is 5.69 Å². The number of hydrogen-bond donors (Lipinski definition) is 0. The van der Waals surface area contributed by atoms with E-state index in [1.807, 2.05) is 4.90 Å². The van der Waals surface area contributed by atoms with Crippen molar-refractivity contribution in [2.75, 3.05) is 50.8 Å². The largest absolute Gasteiger partial charge is 0.462 e. The molecule has 0 radical (unpaired) electrons. The highest BCUT2D eigenvalue weighted by Crippen LogP contribution is 2.33. The van der Waals surface area contributed by atoms with Crippen LogP contribution in [0.15, 0.2) is 23.1 Å². The van der Waals surface area contributed by atoms with Crippen molar-refractivity contribution in [3.63, 3.8) is 0 Å². The molecule has 9 nitrogen and oxygen atoms in total. The van der Waals surface area contributed by atoms with Crippen molar-refractivity contribution in [1.29, 1.82) is 0 Å². The molecule has 1 atom stereocenters. The van der Waals surface area contributed by atoms with Gasteiger partial charge in [-0.2, -0.15) is 4.31 Å². The summed E-state index contributed by atoms with van der Waals surface area (Å²) in [6.45, 7) is 12.6. The fraction of sp³-hybridized carbons (Fsp3) is 0.571. The highest BCUT2D eigenvalue weighted by atomic mass is 32.2. The van der Waals surface area contributed by atoms with Crippen LogP contribution in [-0.2, 0) is 26.6 Å². The third-order valence-corrected chi connectivity index (χ3v) is 10.1. The zero-order chi connectivity index (χ0) is 27.8. The molecular formula is C28H40N4O5S. The Balaban J connectivity index is 1.49. The van der Waals surface area contributed by atoms with Gasteiger partial charge < -0.3 is 19.1 Å². The molecule has 1 unspecified atom stereocenters. The molecule has 0 bridgehead atoms. The second-order valence-corrected chi connectivity index (χ2v) is 12.3. The lowest BCUT2D eigenvalue weighted by Gasteiger charge is -2.40. The van der Waals surface area contributed by atoms with E-state index in [4.69, 9.17) is 4.74 Å². The molecule has 0 saturated carbocycles. The number of carbonyl (C=O) groups excluding carboxylic acids is 2. The van der Waals surface area contributed by atoms with Crippen molar-refractivity contribution in [3.05, 3.63) is 46.3 Å². The number of anilines is 1. The number of rotatable bonds is 6. The van der Waals surface area contributed by atoms with Crippen molar-refractivity contribution < 1.29 is 22.7 Å². The van der Waals surface area contributed by atoms with Crippen molar-refractivity contribution in [2.24, 2.45) is 13.0 Å². The normalized spacial score (nSPS) is 19.1. The predicted molar refractivity (Wildman–Crippen MR) is 147 cm³/mol. The Morgan fingerprint density at radius 3 is 2.34 bits per heavy atom. The van der Waals surface area contributed by atoms with Gasteiger partial charge in [-0.25, -0.2) is 13.2 Å². The average Bonchev–Trinajstić information content (AvgIpc) is 3.14. The first kappa shape index (κ1) is 28.2. The highest BCUT2D eigenvalue weighted by molar-refractivity contribution is 7.89. The van der Waals surface area contributed by atoms with E-state index >= 15 is 0 Å². The molecule has 0 spiro atoms. The minimum atomic E-state index is -4.01. The van der Waals surface area contributed by atoms with Crippen LogP contribution < -0.4 is 4.90 Å². The number of amides is 1. The number of nitrogens with zero attached hydrogens (tertiary/aromatic N) is 4. The second-order valence-electron chi connectivity index (χ2n) is 10.5. The van der Waals surface area contributed by atoms with Gasteiger partial charge >= 0.3 is 5.97 Å². The number of aryl methyl sites for hydroxylation is 2. The molecule has 2 aliphatic rings. The van der Waals surface area contributed by atoms with E-state index in [1.165, 1.54) is 21.1 Å². The van der Waals surface area contributed by atoms with Gasteiger partial charge in [0.05, 0.1) is 12.5 Å². The van der Waals surface area contributed by atoms with Gasteiger partial charge in [0.2, 0.25) is 15.9 Å². The molecule has 1 aromatic heterocycles. The average molecular weight is 545 g/mol. The van der Waals surface area contributed by atoms with Crippen LogP contribution in [0.3, 0.4) is 0 Å². The number of carbonyl (C=O) groups is 2. The molecule has 38 heavy (non-hydrogen) atoms. The summed E-state index contributed by atoms with van der Waals surface area (Å²) < 4.78 is 36.0. The number of sulfonamides is 1. The highest BCUT2D eigenvalue weighted by Gasteiger charge is 2.40. The van der Waals surface area contributed by atoms with Gasteiger partial charge in [0.1, 0.15) is 10.5 Å². The summed E-state index contributed by atoms with van der Waals surface area (Å²) in [6, 6.07) is 6.42. The van der Waals surface area contributed by atoms with Crippen LogP contribution >= 0.6 is 0 Å². The van der Waals surface area contributed by atoms with E-state index in [0.29, 0.717) is 43.9 Å². The lowest BCUT2D eigenvalue weighted by Crippen LogP contribution is -2.53. The maximum atomic E-state index is 13.9. The molecule has 1 amide bonds. The summed E-state index contributed by atoms with van der Waals surface area (Å²) in [5.74, 6) is -1.03. The van der Waals surface area contributed by atoms with Gasteiger partial charge in [0.25, 0.3) is 0 Å². The number of aromatic nitrogens is 1. The second kappa shape index (κ2) is 11.1. The molecule has 208 valence electrons. The van der Waals surface area contributed by atoms with E-state index in [1.54, 1.807) is 32.4 Å². The monoisotopic (exact) mass is 544 g/mol. The Hall–Kier alpha value is -2.85. The minimum Gasteiger partial charge on any atom is -0.462 e. The molecule has 0 aliphatic carbocycles. The quantitative estimate of drug-likeness (QED) is 0.519. The van der Waals surface area contributed by atoms with Gasteiger partial charge in [-0.05, 0) is 64.7 Å². The van der Waals surface area contributed by atoms with E-state index in [9.17, 15) is 18.0 Å². The molecule has 3 heterocycles. The fourth-order valence-electron chi connectivity index (χ4n) is 5.65. The number of hydrogen-bond acceptors (Lipinski definition) is 6. The minimum absolute atomic E-state index is 0.00816. The third kappa shape index (κ3) is 5.20. The zero-order valence-corrected chi connectivity index (χ0v) is 24.2. The summed E-state index contributed by atoms with van der Waals surface area (Å²) in [5.41, 5.74) is 4.76. The zero-order valence-electron chi connectivity index (χ0n) is 23.4. The Bertz CT molecular complexity index is 1330. The number of ether oxygens (including phenoxy) is 1. The molecule has 4 rings (SSSR count). The molecule has 10 heteroatoms. The number of esters is 1. The summed E-state index contributed by atoms with van der Waals surface area (Å²) in [5, 5.41) is 0. The molecule has 2 aromatic rings. The number of benzene rings is 1. The van der Waals surface area contributed by atoms with Crippen LogP contribution in [0, 0.1) is 33.6 Å². The number of piperazine rings is 1. The SMILES string of the molecule is CCOC(=O)c1c(S(=O)(=O)N2CCCC(C(=O)N3CCN(c4cc(C)ccc4C)CC3)C2)c(C)n(C)c1C. The van der Waals surface area contributed by atoms with Gasteiger partial charge in [0, 0.05) is 63.4 Å². The first-order valence-corrected chi connectivity index (χ1v) is 14.9. The maximum Gasteiger partial charge on any atom is 0.341 e. The van der Waals surface area contributed by atoms with Crippen molar-refractivity contribution >= 4 is 27.6 Å². The van der Waals surface area contributed by atoms with Crippen molar-refractivity contribution in [2.45, 2.75) is 52.4 Å². The van der Waals surface area contributed by atoms with Crippen LogP contribution in [0.25, 0.3) is 0 Å². The fourth-order valence-corrected chi connectivity index (χ4v) is 7.66. The van der Waals surface area contributed by atoms with Gasteiger partial charge in [-0.15, -0.1) is 0 Å². The summed E-state index contributed by atoms with van der Waals surface area (Å²) >= 11 is 0. The summed E-state index contributed by atoms with van der Waals surface area (Å²) in [7, 11) is -2.26. The topological polar surface area (TPSA) is 92.2 Å². The molecule has 2 fully saturated rings. The van der Waals surface area contributed by atoms with Gasteiger partial charge in [-0.1, -0.05) is 12.1 Å². The van der Waals surface area contributed by atoms with Gasteiger partial charge in [0.15, 0.2) is 0 Å². The van der Waals surface area contributed by atoms with Crippen molar-refractivity contribution in [1.82, 2.24) is 13.8 Å². The maximum absolute atomic E-state index is 13.9. The lowest BCUT2D eigenvalue weighted by molar-refractivity contribution is -0.137. The van der Waals surface area contributed by atoms with Crippen LogP contribution in [0.5, 0.6) is 0 Å². The van der Waals surface area contributed by atoms with E-state index in [2.05, 4.69) is 36.9 Å². The molecule has 2 saturated heterocycles.